The minimum Gasteiger partial charge on any atom is -0.459 e. The van der Waals surface area contributed by atoms with Crippen LogP contribution in [0.15, 0.2) is 84.9 Å². The fourth-order valence-corrected chi connectivity index (χ4v) is 4.20. The zero-order chi connectivity index (χ0) is 25.5. The van der Waals surface area contributed by atoms with Crippen molar-refractivity contribution < 1.29 is 19.1 Å². The summed E-state index contributed by atoms with van der Waals surface area (Å²) in [6.45, 7) is 2.15. The second-order valence-corrected chi connectivity index (χ2v) is 9.06. The summed E-state index contributed by atoms with van der Waals surface area (Å²) in [5, 5.41) is 3.64. The Balaban J connectivity index is 1.49. The monoisotopic (exact) mass is 500 g/mol. The second kappa shape index (κ2) is 11.6. The van der Waals surface area contributed by atoms with Crippen LogP contribution in [-0.4, -0.2) is 22.7 Å². The molecule has 6 nitrogen and oxygen atoms in total. The van der Waals surface area contributed by atoms with Crippen LogP contribution in [0.25, 0.3) is 10.9 Å². The van der Waals surface area contributed by atoms with E-state index in [1.54, 1.807) is 0 Å². The van der Waals surface area contributed by atoms with E-state index in [0.717, 1.165) is 33.2 Å². The lowest BCUT2D eigenvalue weighted by atomic mass is 10.1. The summed E-state index contributed by atoms with van der Waals surface area (Å²) in [6, 6.07) is 25.8. The highest BCUT2D eigenvalue weighted by Crippen LogP contribution is 2.22. The molecule has 0 aliphatic heterocycles. The normalized spacial score (nSPS) is 11.6. The molecule has 7 heteroatoms. The molecule has 0 saturated heterocycles. The van der Waals surface area contributed by atoms with Gasteiger partial charge in [0.2, 0.25) is 0 Å². The Labute approximate surface area is 215 Å². The predicted octanol–water partition coefficient (Wildman–Crippen LogP) is 5.80. The first-order valence-electron chi connectivity index (χ1n) is 11.7. The van der Waals surface area contributed by atoms with Crippen LogP contribution >= 0.6 is 12.2 Å². The van der Waals surface area contributed by atoms with Gasteiger partial charge in [0.1, 0.15) is 23.9 Å². The first-order chi connectivity index (χ1) is 17.4. The summed E-state index contributed by atoms with van der Waals surface area (Å²) >= 11 is 5.49. The Morgan fingerprint density at radius 3 is 2.25 bits per heavy atom. The highest BCUT2D eigenvalue weighted by atomic mass is 32.1. The van der Waals surface area contributed by atoms with Crippen LogP contribution in [0.5, 0.6) is 0 Å². The highest BCUT2D eigenvalue weighted by molar-refractivity contribution is 7.71. The van der Waals surface area contributed by atoms with E-state index >= 15 is 0 Å². The number of aromatic nitrogens is 1. The summed E-state index contributed by atoms with van der Waals surface area (Å²) in [5.74, 6) is -0.546. The number of alkyl carbamates (subject to hydrolysis) is 1. The van der Waals surface area contributed by atoms with Gasteiger partial charge < -0.3 is 19.4 Å². The number of nitrogens with zero attached hydrogens (tertiary/aromatic N) is 1. The smallest absolute Gasteiger partial charge is 0.408 e. The van der Waals surface area contributed by atoms with Gasteiger partial charge in [0.05, 0.1) is 0 Å². The molecular weight excluding hydrogens is 472 g/mol. The summed E-state index contributed by atoms with van der Waals surface area (Å²) in [7, 11) is 1.91. The SMILES string of the molecule is Cc1ccc2c(c1)c(COC(=O)[C@H](Cc1ccccc1)NC(=O)OCc1ccccc1)cc(=S)n2C. The van der Waals surface area contributed by atoms with Crippen molar-refractivity contribution in [2.24, 2.45) is 7.05 Å². The summed E-state index contributed by atoms with van der Waals surface area (Å²) in [6.07, 6.45) is -0.409. The molecule has 3 aromatic carbocycles. The number of benzene rings is 3. The van der Waals surface area contributed by atoms with E-state index in [2.05, 4.69) is 5.32 Å². The number of pyridine rings is 1. The quantitative estimate of drug-likeness (QED) is 0.245. The summed E-state index contributed by atoms with van der Waals surface area (Å²) in [5.41, 5.74) is 4.62. The Bertz CT molecular complexity index is 1420. The maximum absolute atomic E-state index is 13.2. The lowest BCUT2D eigenvalue weighted by molar-refractivity contribution is -0.147. The molecule has 0 bridgehead atoms. The van der Waals surface area contributed by atoms with Gasteiger partial charge in [-0.15, -0.1) is 0 Å². The van der Waals surface area contributed by atoms with E-state index in [-0.39, 0.29) is 19.6 Å². The molecule has 1 amide bonds. The molecule has 36 heavy (non-hydrogen) atoms. The first kappa shape index (κ1) is 25.1. The van der Waals surface area contributed by atoms with Crippen molar-refractivity contribution in [3.05, 3.63) is 112 Å². The molecular formula is C29H28N2O4S. The van der Waals surface area contributed by atoms with Crippen molar-refractivity contribution in [1.29, 1.82) is 0 Å². The minimum absolute atomic E-state index is 0.0370. The lowest BCUT2D eigenvalue weighted by Crippen LogP contribution is -2.43. The van der Waals surface area contributed by atoms with Crippen LogP contribution < -0.4 is 5.32 Å². The number of aryl methyl sites for hydroxylation is 2. The molecule has 1 atom stereocenters. The number of carbonyl (C=O) groups is 2. The number of carbonyl (C=O) groups excluding carboxylic acids is 2. The Kier molecular flexibility index (Phi) is 8.13. The largest absolute Gasteiger partial charge is 0.459 e. The number of fused-ring (bicyclic) bond motifs is 1. The maximum atomic E-state index is 13.2. The third-order valence-electron chi connectivity index (χ3n) is 5.93. The van der Waals surface area contributed by atoms with Crippen molar-refractivity contribution in [2.75, 3.05) is 0 Å². The van der Waals surface area contributed by atoms with Crippen LogP contribution in [0.3, 0.4) is 0 Å². The van der Waals surface area contributed by atoms with Crippen LogP contribution in [0.1, 0.15) is 22.3 Å². The van der Waals surface area contributed by atoms with E-state index in [1.165, 1.54) is 0 Å². The van der Waals surface area contributed by atoms with Gasteiger partial charge in [0.15, 0.2) is 0 Å². The Hall–Kier alpha value is -3.97. The zero-order valence-corrected chi connectivity index (χ0v) is 21.1. The number of hydrogen-bond acceptors (Lipinski definition) is 5. The van der Waals surface area contributed by atoms with Crippen LogP contribution in [-0.2, 0) is 41.0 Å². The molecule has 0 aliphatic carbocycles. The second-order valence-electron chi connectivity index (χ2n) is 8.64. The van der Waals surface area contributed by atoms with Gasteiger partial charge in [-0.05, 0) is 36.2 Å². The summed E-state index contributed by atoms with van der Waals surface area (Å²) < 4.78 is 13.6. The van der Waals surface area contributed by atoms with E-state index in [4.69, 9.17) is 21.7 Å². The van der Waals surface area contributed by atoms with E-state index in [0.29, 0.717) is 4.64 Å². The van der Waals surface area contributed by atoms with Gasteiger partial charge in [0, 0.05) is 29.9 Å². The molecule has 184 valence electrons. The van der Waals surface area contributed by atoms with Crippen LogP contribution in [0.4, 0.5) is 4.79 Å². The molecule has 0 radical (unpaired) electrons. The third-order valence-corrected chi connectivity index (χ3v) is 6.32. The van der Waals surface area contributed by atoms with Crippen molar-refractivity contribution in [3.63, 3.8) is 0 Å². The zero-order valence-electron chi connectivity index (χ0n) is 20.3. The molecule has 4 rings (SSSR count). The molecule has 0 fully saturated rings. The van der Waals surface area contributed by atoms with E-state index < -0.39 is 18.1 Å². The average Bonchev–Trinajstić information content (AvgIpc) is 2.89. The van der Waals surface area contributed by atoms with Crippen molar-refractivity contribution in [1.82, 2.24) is 9.88 Å². The molecule has 0 unspecified atom stereocenters. The van der Waals surface area contributed by atoms with Crippen LogP contribution in [0.2, 0.25) is 0 Å². The molecule has 0 aliphatic rings. The Morgan fingerprint density at radius 2 is 1.56 bits per heavy atom. The van der Waals surface area contributed by atoms with Gasteiger partial charge in [0.25, 0.3) is 0 Å². The maximum Gasteiger partial charge on any atom is 0.408 e. The molecule has 1 aromatic heterocycles. The van der Waals surface area contributed by atoms with Crippen molar-refractivity contribution >= 4 is 35.2 Å². The standard InChI is InChI=1S/C29H28N2O4S/c1-20-13-14-26-24(15-20)23(17-27(36)31(26)2)19-34-28(32)25(16-21-9-5-3-6-10-21)30-29(33)35-18-22-11-7-4-8-12-22/h3-15,17,25H,16,18-19H2,1-2H3,(H,30,33)/t25-/m0/s1. The van der Waals surface area contributed by atoms with Gasteiger partial charge in [-0.3, -0.25) is 0 Å². The lowest BCUT2D eigenvalue weighted by Gasteiger charge is -2.19. The van der Waals surface area contributed by atoms with Crippen LogP contribution in [0, 0.1) is 11.6 Å². The number of esters is 1. The molecule has 0 spiro atoms. The topological polar surface area (TPSA) is 69.6 Å². The molecule has 4 aromatic rings. The number of nitrogens with one attached hydrogen (secondary N) is 1. The predicted molar refractivity (Wildman–Crippen MR) is 142 cm³/mol. The fraction of sp³-hybridized carbons (Fsp3) is 0.207. The van der Waals surface area contributed by atoms with Gasteiger partial charge >= 0.3 is 12.1 Å². The minimum atomic E-state index is -0.911. The molecule has 0 saturated carbocycles. The van der Waals surface area contributed by atoms with Crippen molar-refractivity contribution in [3.8, 4) is 0 Å². The van der Waals surface area contributed by atoms with Gasteiger partial charge in [-0.1, -0.05) is 84.5 Å². The average molecular weight is 501 g/mol. The Morgan fingerprint density at radius 1 is 0.889 bits per heavy atom. The van der Waals surface area contributed by atoms with E-state index in [1.807, 2.05) is 103 Å². The van der Waals surface area contributed by atoms with Gasteiger partial charge in [-0.25, -0.2) is 9.59 Å². The number of hydrogen-bond donors (Lipinski definition) is 1. The number of rotatable bonds is 8. The number of ether oxygens (including phenoxy) is 2. The van der Waals surface area contributed by atoms with Gasteiger partial charge in [-0.2, -0.15) is 0 Å². The number of amides is 1. The third kappa shape index (κ3) is 6.37. The molecule has 1 heterocycles. The highest BCUT2D eigenvalue weighted by Gasteiger charge is 2.24. The molecule has 1 N–H and O–H groups in total. The first-order valence-corrected chi connectivity index (χ1v) is 12.1. The van der Waals surface area contributed by atoms with E-state index in [9.17, 15) is 9.59 Å². The fourth-order valence-electron chi connectivity index (χ4n) is 3.96. The summed E-state index contributed by atoms with van der Waals surface area (Å²) in [4.78, 5) is 25.7. The van der Waals surface area contributed by atoms with Crippen molar-refractivity contribution in [2.45, 2.75) is 32.6 Å².